The molecule has 0 amide bonds. The summed E-state index contributed by atoms with van der Waals surface area (Å²) in [5, 5.41) is 14.1. The number of aromatic hydroxyl groups is 1. The highest BCUT2D eigenvalue weighted by atomic mass is 16.3. The molecule has 0 bridgehead atoms. The molecule has 3 nitrogen and oxygen atoms in total. The van der Waals surface area contributed by atoms with Crippen molar-refractivity contribution in [1.29, 1.82) is 0 Å². The van der Waals surface area contributed by atoms with Crippen molar-refractivity contribution >= 4 is 5.71 Å². The molecule has 1 aliphatic carbocycles. The van der Waals surface area contributed by atoms with Gasteiger partial charge in [-0.25, -0.2) is 0 Å². The van der Waals surface area contributed by atoms with Gasteiger partial charge in [0.05, 0.1) is 0 Å². The zero-order valence-corrected chi connectivity index (χ0v) is 15.5. The van der Waals surface area contributed by atoms with E-state index < -0.39 is 0 Å². The van der Waals surface area contributed by atoms with Crippen LogP contribution in [0.15, 0.2) is 53.5 Å². The minimum atomic E-state index is 0.108. The van der Waals surface area contributed by atoms with Crippen molar-refractivity contribution in [2.24, 2.45) is 10.9 Å². The van der Waals surface area contributed by atoms with Gasteiger partial charge in [0.15, 0.2) is 0 Å². The predicted molar refractivity (Wildman–Crippen MR) is 107 cm³/mol. The van der Waals surface area contributed by atoms with E-state index in [1.807, 2.05) is 18.2 Å². The third-order valence-corrected chi connectivity index (χ3v) is 5.86. The first-order valence-corrected chi connectivity index (χ1v) is 9.88. The van der Waals surface area contributed by atoms with Crippen LogP contribution in [-0.4, -0.2) is 17.0 Å². The van der Waals surface area contributed by atoms with E-state index in [-0.39, 0.29) is 12.2 Å². The van der Waals surface area contributed by atoms with Crippen LogP contribution in [0.3, 0.4) is 0 Å². The van der Waals surface area contributed by atoms with E-state index in [1.165, 1.54) is 43.2 Å². The zero-order valence-electron chi connectivity index (χ0n) is 15.5. The summed E-state index contributed by atoms with van der Waals surface area (Å²) >= 11 is 0. The number of phenolic OH excluding ortho intramolecular Hbond substituents is 1. The highest BCUT2D eigenvalue weighted by Crippen LogP contribution is 2.35. The zero-order chi connectivity index (χ0) is 17.9. The van der Waals surface area contributed by atoms with Crippen LogP contribution in [0.25, 0.3) is 0 Å². The molecule has 3 heteroatoms. The number of aliphatic imine (C=N–C) groups is 1. The first-order valence-electron chi connectivity index (χ1n) is 9.88. The van der Waals surface area contributed by atoms with E-state index in [4.69, 9.17) is 4.99 Å². The van der Waals surface area contributed by atoms with E-state index in [1.54, 1.807) is 6.07 Å². The van der Waals surface area contributed by atoms with Crippen molar-refractivity contribution in [3.8, 4) is 5.75 Å². The van der Waals surface area contributed by atoms with Crippen molar-refractivity contribution < 1.29 is 5.11 Å². The average Bonchev–Trinajstić information content (AvgIpc) is 2.69. The highest BCUT2D eigenvalue weighted by Gasteiger charge is 2.31. The summed E-state index contributed by atoms with van der Waals surface area (Å²) in [5.41, 5.74) is 4.61. The van der Waals surface area contributed by atoms with Crippen LogP contribution in [0.4, 0.5) is 0 Å². The predicted octanol–water partition coefficient (Wildman–Crippen LogP) is 5.13. The number of hydrogen-bond donors (Lipinski definition) is 2. The number of phenols is 1. The Hall–Kier alpha value is -2.13. The van der Waals surface area contributed by atoms with Gasteiger partial charge in [-0.05, 0) is 37.3 Å². The molecule has 136 valence electrons. The van der Waals surface area contributed by atoms with E-state index in [2.05, 4.69) is 36.5 Å². The van der Waals surface area contributed by atoms with Crippen molar-refractivity contribution in [3.63, 3.8) is 0 Å². The molecule has 0 saturated heterocycles. The fourth-order valence-corrected chi connectivity index (χ4v) is 4.33. The van der Waals surface area contributed by atoms with Crippen LogP contribution in [0.1, 0.15) is 61.3 Å². The molecule has 0 spiro atoms. The van der Waals surface area contributed by atoms with Gasteiger partial charge in [0.25, 0.3) is 0 Å². The molecule has 26 heavy (non-hydrogen) atoms. The second-order valence-electron chi connectivity index (χ2n) is 7.77. The summed E-state index contributed by atoms with van der Waals surface area (Å²) in [4.78, 5) is 5.13. The maximum Gasteiger partial charge on any atom is 0.120 e. The fraction of sp³-hybridized carbons (Fsp3) is 0.435. The number of hydrogen-bond acceptors (Lipinski definition) is 3. The second-order valence-corrected chi connectivity index (χ2v) is 7.77. The molecule has 0 radical (unpaired) electrons. The first kappa shape index (κ1) is 17.3. The minimum absolute atomic E-state index is 0.108. The molecule has 2 aromatic carbocycles. The van der Waals surface area contributed by atoms with Gasteiger partial charge in [-0.15, -0.1) is 0 Å². The summed E-state index contributed by atoms with van der Waals surface area (Å²) < 4.78 is 0. The molecule has 1 fully saturated rings. The summed E-state index contributed by atoms with van der Waals surface area (Å²) in [6.45, 7) is 2.11. The van der Waals surface area contributed by atoms with Crippen LogP contribution < -0.4 is 5.32 Å². The van der Waals surface area contributed by atoms with Gasteiger partial charge >= 0.3 is 0 Å². The van der Waals surface area contributed by atoms with Crippen molar-refractivity contribution in [3.05, 3.63) is 65.2 Å². The summed E-state index contributed by atoms with van der Waals surface area (Å²) in [7, 11) is 0. The quantitative estimate of drug-likeness (QED) is 0.807. The monoisotopic (exact) mass is 348 g/mol. The Bertz CT molecular complexity index is 775. The Kier molecular flexibility index (Phi) is 5.07. The van der Waals surface area contributed by atoms with E-state index in [9.17, 15) is 5.11 Å². The Morgan fingerprint density at radius 1 is 0.962 bits per heavy atom. The van der Waals surface area contributed by atoms with Crippen LogP contribution in [0.5, 0.6) is 5.75 Å². The van der Waals surface area contributed by atoms with Crippen molar-refractivity contribution in [1.82, 2.24) is 5.32 Å². The number of benzene rings is 2. The maximum atomic E-state index is 10.4. The molecule has 1 aliphatic heterocycles. The fourth-order valence-electron chi connectivity index (χ4n) is 4.33. The number of nitrogens with zero attached hydrogens (tertiary/aromatic N) is 1. The molecule has 2 aliphatic rings. The summed E-state index contributed by atoms with van der Waals surface area (Å²) in [5.74, 6) is 0.968. The lowest BCUT2D eigenvalue weighted by atomic mass is 9.84. The largest absolute Gasteiger partial charge is 0.508 e. The standard InChI is InChI=1S/C23H28N2O/c1-16-11-13-17(14-12-16)20-15-21(19-9-5-6-10-22(19)26)25-23(24-20)18-7-3-2-4-8-18/h5-6,9-14,18,21,23,25-26H,2-4,7-8,15H2,1H3/t21-,23-/m0/s1. The highest BCUT2D eigenvalue weighted by molar-refractivity contribution is 6.01. The molecule has 2 N–H and O–H groups in total. The number of para-hydroxylation sites is 1. The Balaban J connectivity index is 1.67. The van der Waals surface area contributed by atoms with Gasteiger partial charge in [0, 0.05) is 23.7 Å². The maximum absolute atomic E-state index is 10.4. The minimum Gasteiger partial charge on any atom is -0.508 e. The lowest BCUT2D eigenvalue weighted by molar-refractivity contribution is 0.249. The van der Waals surface area contributed by atoms with Gasteiger partial charge < -0.3 is 5.11 Å². The third kappa shape index (κ3) is 3.68. The van der Waals surface area contributed by atoms with Gasteiger partial charge in [-0.2, -0.15) is 0 Å². The molecule has 1 heterocycles. The number of rotatable bonds is 3. The van der Waals surface area contributed by atoms with Gasteiger partial charge in [0.1, 0.15) is 11.9 Å². The lowest BCUT2D eigenvalue weighted by Crippen LogP contribution is -2.43. The van der Waals surface area contributed by atoms with Gasteiger partial charge in [-0.3, -0.25) is 10.3 Å². The van der Waals surface area contributed by atoms with E-state index in [0.717, 1.165) is 17.7 Å². The van der Waals surface area contributed by atoms with Crippen molar-refractivity contribution in [2.45, 2.75) is 57.7 Å². The van der Waals surface area contributed by atoms with Crippen LogP contribution in [-0.2, 0) is 0 Å². The molecule has 0 unspecified atom stereocenters. The normalized spacial score (nSPS) is 24.3. The van der Waals surface area contributed by atoms with Crippen molar-refractivity contribution in [2.75, 3.05) is 0 Å². The van der Waals surface area contributed by atoms with E-state index >= 15 is 0 Å². The molecule has 4 rings (SSSR count). The van der Waals surface area contributed by atoms with Crippen LogP contribution in [0, 0.1) is 12.8 Å². The molecule has 0 aromatic heterocycles. The summed E-state index contributed by atoms with van der Waals surface area (Å²) in [6.07, 6.45) is 7.40. The summed E-state index contributed by atoms with van der Waals surface area (Å²) in [6, 6.07) is 16.5. The Labute approximate surface area is 156 Å². The molecular weight excluding hydrogens is 320 g/mol. The lowest BCUT2D eigenvalue weighted by Gasteiger charge is -2.36. The van der Waals surface area contributed by atoms with Gasteiger partial charge in [0.2, 0.25) is 0 Å². The molecular formula is C23H28N2O. The number of aryl methyl sites for hydroxylation is 1. The third-order valence-electron chi connectivity index (χ3n) is 5.86. The topological polar surface area (TPSA) is 44.6 Å². The molecule has 1 saturated carbocycles. The number of nitrogens with one attached hydrogen (secondary N) is 1. The second kappa shape index (κ2) is 7.63. The van der Waals surface area contributed by atoms with E-state index in [0.29, 0.717) is 11.7 Å². The molecule has 2 atom stereocenters. The van der Waals surface area contributed by atoms with Crippen LogP contribution in [0.2, 0.25) is 0 Å². The first-order chi connectivity index (χ1) is 12.7. The molecule has 2 aromatic rings. The van der Waals surface area contributed by atoms with Crippen LogP contribution >= 0.6 is 0 Å². The van der Waals surface area contributed by atoms with Gasteiger partial charge in [-0.1, -0.05) is 67.3 Å². The Morgan fingerprint density at radius 3 is 2.42 bits per heavy atom. The smallest absolute Gasteiger partial charge is 0.120 e. The SMILES string of the molecule is Cc1ccc(C2=N[C@H](C3CCCCC3)N[C@H](c3ccccc3O)C2)cc1. The Morgan fingerprint density at radius 2 is 1.69 bits per heavy atom. The average molecular weight is 348 g/mol.